The molecule has 0 aliphatic carbocycles. The molecule has 0 bridgehead atoms. The molecule has 1 rings (SSSR count). The van der Waals surface area contributed by atoms with Crippen molar-refractivity contribution in [1.82, 2.24) is 20.2 Å². The van der Waals surface area contributed by atoms with Gasteiger partial charge < -0.3 is 5.73 Å². The number of nitrogens with one attached hydrogen (secondary N) is 1. The molecule has 0 unspecified atom stereocenters. The van der Waals surface area contributed by atoms with Crippen LogP contribution in [0.3, 0.4) is 0 Å². The SMILES string of the molecule is Cl.Cn1nnnc1SC(=N)N. The molecule has 1 aromatic heterocycles. The molecule has 0 radical (unpaired) electrons. The number of aryl methyl sites for hydroxylation is 1. The van der Waals surface area contributed by atoms with Crippen molar-refractivity contribution in [3.05, 3.63) is 0 Å². The van der Waals surface area contributed by atoms with Gasteiger partial charge in [-0.25, -0.2) is 4.68 Å². The van der Waals surface area contributed by atoms with Crippen molar-refractivity contribution in [2.75, 3.05) is 0 Å². The Bertz CT molecular complexity index is 246. The third-order valence-electron chi connectivity index (χ3n) is 0.783. The van der Waals surface area contributed by atoms with Crippen LogP contribution in [0.1, 0.15) is 0 Å². The second-order valence-electron chi connectivity index (χ2n) is 1.55. The second kappa shape index (κ2) is 4.14. The van der Waals surface area contributed by atoms with Gasteiger partial charge >= 0.3 is 0 Å². The topological polar surface area (TPSA) is 93.5 Å². The maximum absolute atomic E-state index is 6.90. The number of nitrogens with zero attached hydrogens (tertiary/aromatic N) is 4. The summed E-state index contributed by atoms with van der Waals surface area (Å²) in [7, 11) is 1.69. The Morgan fingerprint density at radius 1 is 1.73 bits per heavy atom. The van der Waals surface area contributed by atoms with E-state index in [-0.39, 0.29) is 17.6 Å². The lowest BCUT2D eigenvalue weighted by molar-refractivity contribution is 0.665. The summed E-state index contributed by atoms with van der Waals surface area (Å²) in [6.45, 7) is 0. The molecule has 0 aliphatic heterocycles. The number of tetrazole rings is 1. The number of hydrogen-bond acceptors (Lipinski definition) is 5. The van der Waals surface area contributed by atoms with Crippen LogP contribution in [0.4, 0.5) is 0 Å². The number of aromatic nitrogens is 4. The Kier molecular flexibility index (Phi) is 3.83. The highest BCUT2D eigenvalue weighted by atomic mass is 35.5. The highest BCUT2D eigenvalue weighted by Crippen LogP contribution is 2.09. The zero-order valence-corrected chi connectivity index (χ0v) is 7.32. The maximum Gasteiger partial charge on any atom is 0.216 e. The fourth-order valence-corrected chi connectivity index (χ4v) is 0.849. The summed E-state index contributed by atoms with van der Waals surface area (Å²) in [6.07, 6.45) is 0. The maximum atomic E-state index is 6.90. The van der Waals surface area contributed by atoms with Crippen LogP contribution in [0, 0.1) is 5.41 Å². The van der Waals surface area contributed by atoms with Crippen molar-refractivity contribution in [3.63, 3.8) is 0 Å². The summed E-state index contributed by atoms with van der Waals surface area (Å²) >= 11 is 1.02. The molecule has 1 heterocycles. The first-order valence-electron chi connectivity index (χ1n) is 2.44. The predicted octanol–water partition coefficient (Wildman–Crippen LogP) is -0.383. The summed E-state index contributed by atoms with van der Waals surface area (Å²) in [6, 6.07) is 0. The molecule has 11 heavy (non-hydrogen) atoms. The first kappa shape index (κ1) is 10.2. The normalized spacial score (nSPS) is 8.82. The first-order chi connectivity index (χ1) is 4.70. The van der Waals surface area contributed by atoms with E-state index < -0.39 is 0 Å². The Balaban J connectivity index is 0.000001000. The molecule has 0 spiro atoms. The van der Waals surface area contributed by atoms with Gasteiger partial charge in [0.15, 0.2) is 5.17 Å². The van der Waals surface area contributed by atoms with Gasteiger partial charge in [0.25, 0.3) is 0 Å². The van der Waals surface area contributed by atoms with E-state index in [0.29, 0.717) is 5.16 Å². The van der Waals surface area contributed by atoms with Crippen molar-refractivity contribution in [2.24, 2.45) is 12.8 Å². The van der Waals surface area contributed by atoms with Gasteiger partial charge in [0.05, 0.1) is 0 Å². The third-order valence-corrected chi connectivity index (χ3v) is 1.53. The molecule has 0 saturated heterocycles. The van der Waals surface area contributed by atoms with Crippen LogP contribution < -0.4 is 5.73 Å². The molecule has 8 heteroatoms. The second-order valence-corrected chi connectivity index (χ2v) is 2.56. The van der Waals surface area contributed by atoms with Crippen LogP contribution in [0.2, 0.25) is 0 Å². The molecule has 3 N–H and O–H groups in total. The largest absolute Gasteiger partial charge is 0.378 e. The molecule has 0 fully saturated rings. The Hall–Kier alpha value is -0.820. The summed E-state index contributed by atoms with van der Waals surface area (Å²) in [5.41, 5.74) is 5.09. The van der Waals surface area contributed by atoms with E-state index in [0.717, 1.165) is 11.8 Å². The number of halogens is 1. The van der Waals surface area contributed by atoms with Crippen molar-refractivity contribution >= 4 is 29.3 Å². The number of rotatable bonds is 1. The van der Waals surface area contributed by atoms with Crippen LogP contribution in [0.15, 0.2) is 5.16 Å². The van der Waals surface area contributed by atoms with E-state index in [1.54, 1.807) is 7.05 Å². The number of amidine groups is 1. The smallest absolute Gasteiger partial charge is 0.216 e. The molecule has 0 amide bonds. The lowest BCUT2D eigenvalue weighted by Gasteiger charge is -1.92. The molecular weight excluding hydrogens is 188 g/mol. The minimum Gasteiger partial charge on any atom is -0.378 e. The monoisotopic (exact) mass is 194 g/mol. The van der Waals surface area contributed by atoms with E-state index in [9.17, 15) is 0 Å². The van der Waals surface area contributed by atoms with Gasteiger partial charge in [0.1, 0.15) is 0 Å². The highest BCUT2D eigenvalue weighted by Gasteiger charge is 2.02. The molecule has 0 saturated carbocycles. The lowest BCUT2D eigenvalue weighted by atomic mass is 11.2. The predicted molar refractivity (Wildman–Crippen MR) is 43.8 cm³/mol. The van der Waals surface area contributed by atoms with Crippen LogP contribution in [-0.2, 0) is 7.05 Å². The summed E-state index contributed by atoms with van der Waals surface area (Å²) < 4.78 is 1.45. The van der Waals surface area contributed by atoms with E-state index >= 15 is 0 Å². The van der Waals surface area contributed by atoms with Gasteiger partial charge in [-0.3, -0.25) is 5.41 Å². The number of nitrogens with two attached hydrogens (primary N) is 1. The Labute approximate surface area is 73.4 Å². The Morgan fingerprint density at radius 2 is 2.36 bits per heavy atom. The minimum absolute atomic E-state index is 0. The van der Waals surface area contributed by atoms with Gasteiger partial charge in [0.2, 0.25) is 5.16 Å². The van der Waals surface area contributed by atoms with Gasteiger partial charge in [-0.15, -0.1) is 17.5 Å². The van der Waals surface area contributed by atoms with Crippen LogP contribution in [0.5, 0.6) is 0 Å². The molecule has 0 aromatic carbocycles. The van der Waals surface area contributed by atoms with Crippen LogP contribution in [-0.4, -0.2) is 25.4 Å². The van der Waals surface area contributed by atoms with Crippen LogP contribution in [0.25, 0.3) is 0 Å². The van der Waals surface area contributed by atoms with Crippen molar-refractivity contribution in [1.29, 1.82) is 5.41 Å². The molecule has 1 aromatic rings. The molecule has 6 nitrogen and oxygen atoms in total. The zero-order chi connectivity index (χ0) is 7.56. The van der Waals surface area contributed by atoms with Gasteiger partial charge in [0, 0.05) is 7.05 Å². The van der Waals surface area contributed by atoms with E-state index in [2.05, 4.69) is 15.5 Å². The molecule has 0 aliphatic rings. The minimum atomic E-state index is -0.0158. The van der Waals surface area contributed by atoms with E-state index in [1.165, 1.54) is 4.68 Å². The quantitative estimate of drug-likeness (QED) is 0.361. The molecular formula is C3H7ClN6S. The Morgan fingerprint density at radius 3 is 2.73 bits per heavy atom. The standard InChI is InChI=1S/C3H6N6S.ClH/c1-9-3(6-7-8-9)10-2(4)5;/h1H3,(H3,4,5);1H. The third kappa shape index (κ3) is 2.72. The summed E-state index contributed by atoms with van der Waals surface area (Å²) in [5, 5.41) is 17.9. The average molecular weight is 195 g/mol. The van der Waals surface area contributed by atoms with Crippen LogP contribution >= 0.6 is 24.2 Å². The van der Waals surface area contributed by atoms with E-state index in [4.69, 9.17) is 11.1 Å². The van der Waals surface area contributed by atoms with E-state index in [1.807, 2.05) is 0 Å². The fourth-order valence-electron chi connectivity index (χ4n) is 0.406. The van der Waals surface area contributed by atoms with Crippen molar-refractivity contribution < 1.29 is 0 Å². The fraction of sp³-hybridized carbons (Fsp3) is 0.333. The first-order valence-corrected chi connectivity index (χ1v) is 3.26. The lowest BCUT2D eigenvalue weighted by Crippen LogP contribution is -2.05. The van der Waals surface area contributed by atoms with Gasteiger partial charge in [-0.2, -0.15) is 0 Å². The van der Waals surface area contributed by atoms with Crippen molar-refractivity contribution in [3.8, 4) is 0 Å². The van der Waals surface area contributed by atoms with Gasteiger partial charge in [-0.05, 0) is 22.2 Å². The number of hydrogen-bond donors (Lipinski definition) is 2. The summed E-state index contributed by atoms with van der Waals surface area (Å²) in [4.78, 5) is 0. The number of thioether (sulfide) groups is 1. The van der Waals surface area contributed by atoms with Gasteiger partial charge in [-0.1, -0.05) is 0 Å². The van der Waals surface area contributed by atoms with Crippen molar-refractivity contribution in [2.45, 2.75) is 5.16 Å². The molecule has 0 atom stereocenters. The average Bonchev–Trinajstić information content (AvgIpc) is 2.15. The highest BCUT2D eigenvalue weighted by molar-refractivity contribution is 8.13. The molecule has 62 valence electrons. The summed E-state index contributed by atoms with van der Waals surface area (Å²) in [5.74, 6) is 0. The zero-order valence-electron chi connectivity index (χ0n) is 5.68.